The van der Waals surface area contributed by atoms with Gasteiger partial charge in [0.05, 0.1) is 6.04 Å². The molecule has 2 aromatic carbocycles. The number of hydrogen-bond acceptors (Lipinski definition) is 3. The molecule has 0 saturated carbocycles. The van der Waals surface area contributed by atoms with Gasteiger partial charge >= 0.3 is 5.97 Å². The number of amides is 1. The number of carbonyl (C=O) groups is 2. The van der Waals surface area contributed by atoms with Crippen LogP contribution in [0.2, 0.25) is 0 Å². The Kier molecular flexibility index (Phi) is 10.1. The Balaban J connectivity index is 1.56. The first-order valence-corrected chi connectivity index (χ1v) is 13.9. The van der Waals surface area contributed by atoms with Crippen molar-refractivity contribution in [1.82, 2.24) is 15.4 Å². The smallest absolute Gasteiger partial charge is 0.326 e. The normalized spacial score (nSPS) is 14.0. The molecule has 0 aliphatic carbocycles. The molecule has 3 rings (SSSR count). The van der Waals surface area contributed by atoms with Crippen LogP contribution in [-0.2, 0) is 27.0 Å². The van der Waals surface area contributed by atoms with Crippen LogP contribution in [0.1, 0.15) is 44.2 Å². The average molecular weight is 498 g/mol. The lowest BCUT2D eigenvalue weighted by molar-refractivity contribution is -0.142. The maximum Gasteiger partial charge on any atom is 0.326 e. The van der Waals surface area contributed by atoms with Crippen LogP contribution in [-0.4, -0.2) is 40.2 Å². The first-order valence-electron chi connectivity index (χ1n) is 12.2. The van der Waals surface area contributed by atoms with Crippen LogP contribution in [0, 0.1) is 5.92 Å². The highest BCUT2D eigenvalue weighted by Gasteiger charge is 2.27. The number of H-pyrrole nitrogens is 1. The summed E-state index contributed by atoms with van der Waals surface area (Å²) in [5.74, 6) is -1.34. The van der Waals surface area contributed by atoms with Gasteiger partial charge in [0, 0.05) is 29.7 Å². The number of aromatic nitrogens is 1. The number of hydrogen-bond donors (Lipinski definition) is 4. The van der Waals surface area contributed by atoms with E-state index in [9.17, 15) is 19.3 Å². The fourth-order valence-electron chi connectivity index (χ4n) is 4.22. The van der Waals surface area contributed by atoms with E-state index in [2.05, 4.69) is 27.5 Å². The second-order valence-electron chi connectivity index (χ2n) is 9.41. The summed E-state index contributed by atoms with van der Waals surface area (Å²) >= 11 is 0. The molecule has 7 nitrogen and oxygen atoms in total. The fourth-order valence-corrected chi connectivity index (χ4v) is 5.57. The quantitative estimate of drug-likeness (QED) is 0.189. The van der Waals surface area contributed by atoms with E-state index < -0.39 is 31.9 Å². The van der Waals surface area contributed by atoms with Crippen LogP contribution in [0.5, 0.6) is 0 Å². The highest BCUT2D eigenvalue weighted by molar-refractivity contribution is 7.42. The zero-order valence-corrected chi connectivity index (χ0v) is 21.4. The van der Waals surface area contributed by atoms with Gasteiger partial charge in [-0.3, -0.25) is 9.88 Å². The number of para-hydroxylation sites is 1. The van der Waals surface area contributed by atoms with E-state index in [4.69, 9.17) is 0 Å². The Hall–Kier alpha value is -2.89. The molecule has 1 unspecified atom stereocenters. The molecule has 1 heterocycles. The number of nitrogens with one attached hydrogen (secondary N) is 3. The maximum atomic E-state index is 13.1. The number of unbranched alkanes of at least 4 members (excludes halogenated alkanes) is 1. The van der Waals surface area contributed by atoms with Crippen molar-refractivity contribution < 1.29 is 19.3 Å². The second-order valence-corrected chi connectivity index (χ2v) is 11.0. The van der Waals surface area contributed by atoms with Crippen molar-refractivity contribution in [2.75, 3.05) is 6.16 Å². The van der Waals surface area contributed by atoms with Gasteiger partial charge in [0.1, 0.15) is 14.0 Å². The van der Waals surface area contributed by atoms with Gasteiger partial charge in [-0.2, -0.15) is 0 Å². The number of benzene rings is 2. The fraction of sp³-hybridized carbons (Fsp3) is 0.407. The summed E-state index contributed by atoms with van der Waals surface area (Å²) in [6, 6.07) is 16.1. The van der Waals surface area contributed by atoms with E-state index in [1.807, 2.05) is 56.3 Å². The summed E-state index contributed by atoms with van der Waals surface area (Å²) in [4.78, 5) is 28.2. The van der Waals surface area contributed by atoms with Crippen molar-refractivity contribution in [3.8, 4) is 0 Å². The topological polar surface area (TPSA) is 111 Å². The monoisotopic (exact) mass is 497 g/mol. The van der Waals surface area contributed by atoms with Crippen molar-refractivity contribution in [3.63, 3.8) is 0 Å². The molecule has 0 bridgehead atoms. The number of aromatic amines is 1. The Bertz CT molecular complexity index is 1130. The summed E-state index contributed by atoms with van der Waals surface area (Å²) in [6.07, 6.45) is 5.59. The molecule has 0 saturated heterocycles. The third-order valence-electron chi connectivity index (χ3n) is 6.03. The standard InChI is InChI=1S/C27H36N3O4P/c1-19(2)16-24(30-35(34)15-9-8-12-20-10-4-3-5-11-20)26(31)29-25(27(32)33)17-21-18-28-23-14-7-6-13-22(21)23/h3-7,10-11,13-14,18-19,24-25,28,35H,8-9,12,15-17H2,1-2H3,(H,29,31)(H,30,34)(H,32,33)/t24-,25-/m0/s1. The van der Waals surface area contributed by atoms with Gasteiger partial charge in [-0.1, -0.05) is 62.4 Å². The Morgan fingerprint density at radius 2 is 1.71 bits per heavy atom. The van der Waals surface area contributed by atoms with Gasteiger partial charge in [-0.25, -0.2) is 4.79 Å². The first kappa shape index (κ1) is 26.7. The molecule has 1 aromatic heterocycles. The summed E-state index contributed by atoms with van der Waals surface area (Å²) < 4.78 is 12.7. The van der Waals surface area contributed by atoms with E-state index >= 15 is 0 Å². The van der Waals surface area contributed by atoms with Crippen LogP contribution < -0.4 is 10.4 Å². The minimum atomic E-state index is -2.18. The summed E-state index contributed by atoms with van der Waals surface area (Å²) in [5, 5.41) is 16.4. The predicted octanol–water partition coefficient (Wildman–Crippen LogP) is 4.78. The molecular formula is C27H36N3O4P. The molecule has 1 amide bonds. The lowest BCUT2D eigenvalue weighted by atomic mass is 10.0. The van der Waals surface area contributed by atoms with E-state index in [1.54, 1.807) is 6.20 Å². The number of rotatable bonds is 14. The highest BCUT2D eigenvalue weighted by Crippen LogP contribution is 2.22. The van der Waals surface area contributed by atoms with Gasteiger partial charge in [0.25, 0.3) is 0 Å². The lowest BCUT2D eigenvalue weighted by Gasteiger charge is -2.22. The molecule has 188 valence electrons. The predicted molar refractivity (Wildman–Crippen MR) is 141 cm³/mol. The summed E-state index contributed by atoms with van der Waals surface area (Å²) in [5.41, 5.74) is 3.00. The van der Waals surface area contributed by atoms with Crippen LogP contribution in [0.4, 0.5) is 0 Å². The van der Waals surface area contributed by atoms with Gasteiger partial charge in [-0.15, -0.1) is 0 Å². The minimum Gasteiger partial charge on any atom is -0.480 e. The second kappa shape index (κ2) is 13.3. The van der Waals surface area contributed by atoms with Gasteiger partial charge in [-0.05, 0) is 48.8 Å². The number of fused-ring (bicyclic) bond motifs is 1. The van der Waals surface area contributed by atoms with Gasteiger partial charge in [0.15, 0.2) is 0 Å². The number of carboxylic acid groups (broad SMARTS) is 1. The zero-order chi connectivity index (χ0) is 25.2. The minimum absolute atomic E-state index is 0.161. The highest BCUT2D eigenvalue weighted by atomic mass is 31.1. The van der Waals surface area contributed by atoms with Gasteiger partial charge in [0.2, 0.25) is 5.91 Å². The Labute approximate surface area is 207 Å². The van der Waals surface area contributed by atoms with Crippen molar-refractivity contribution in [2.24, 2.45) is 5.92 Å². The van der Waals surface area contributed by atoms with E-state index in [1.165, 1.54) is 5.56 Å². The SMILES string of the molecule is CC(C)C[C@H](N[PH](=O)CCCCc1ccccc1)C(=O)N[C@@H](Cc1c[nH]c2ccccc12)C(=O)O. The molecule has 3 atom stereocenters. The first-order chi connectivity index (χ1) is 16.8. The number of aliphatic carboxylic acids is 1. The van der Waals surface area contributed by atoms with Crippen LogP contribution in [0.15, 0.2) is 60.8 Å². The average Bonchev–Trinajstić information content (AvgIpc) is 3.24. The lowest BCUT2D eigenvalue weighted by Crippen LogP contribution is -2.50. The Morgan fingerprint density at radius 1 is 1.00 bits per heavy atom. The van der Waals surface area contributed by atoms with Crippen molar-refractivity contribution in [2.45, 2.75) is 58.0 Å². The molecule has 0 fully saturated rings. The van der Waals surface area contributed by atoms with Crippen molar-refractivity contribution >= 4 is 30.7 Å². The van der Waals surface area contributed by atoms with Crippen molar-refractivity contribution in [1.29, 1.82) is 0 Å². The third-order valence-corrected chi connectivity index (χ3v) is 7.51. The van der Waals surface area contributed by atoms with Crippen LogP contribution in [0.3, 0.4) is 0 Å². The number of carbonyl (C=O) groups excluding carboxylic acids is 1. The molecule has 8 heteroatoms. The summed E-state index contributed by atoms with van der Waals surface area (Å²) in [7, 11) is -2.18. The molecule has 4 N–H and O–H groups in total. The third kappa shape index (κ3) is 8.37. The molecule has 0 radical (unpaired) electrons. The molecule has 0 aliphatic rings. The number of carboxylic acids is 1. The molecule has 3 aromatic rings. The van der Waals surface area contributed by atoms with Gasteiger partial charge < -0.3 is 20.0 Å². The summed E-state index contributed by atoms with van der Waals surface area (Å²) in [6.45, 7) is 3.97. The number of aryl methyl sites for hydroxylation is 1. The van der Waals surface area contributed by atoms with Crippen molar-refractivity contribution in [3.05, 3.63) is 71.9 Å². The van der Waals surface area contributed by atoms with E-state index in [0.717, 1.165) is 35.7 Å². The maximum absolute atomic E-state index is 13.1. The van der Waals surface area contributed by atoms with Crippen LogP contribution in [0.25, 0.3) is 10.9 Å². The molecule has 35 heavy (non-hydrogen) atoms. The molecule has 0 spiro atoms. The Morgan fingerprint density at radius 3 is 2.43 bits per heavy atom. The zero-order valence-electron chi connectivity index (χ0n) is 20.4. The van der Waals surface area contributed by atoms with E-state index in [-0.39, 0.29) is 12.3 Å². The largest absolute Gasteiger partial charge is 0.480 e. The van der Waals surface area contributed by atoms with Crippen LogP contribution >= 0.6 is 7.95 Å². The van der Waals surface area contributed by atoms with E-state index in [0.29, 0.717) is 12.6 Å². The molecule has 0 aliphatic heterocycles. The molecular weight excluding hydrogens is 461 g/mol.